The number of pyridine rings is 1. The standard InChI is InChI=1S/C16H18N2O3/c1-20-15-8-7-14(11-18-15)17-10-13-6-4-3-5-12(13)9-16(19)21-2/h3-8,11,17H,9-10H2,1-2H3. The van der Waals surface area contributed by atoms with E-state index in [2.05, 4.69) is 10.3 Å². The highest BCUT2D eigenvalue weighted by Crippen LogP contribution is 2.15. The summed E-state index contributed by atoms with van der Waals surface area (Å²) in [4.78, 5) is 15.5. The fourth-order valence-electron chi connectivity index (χ4n) is 1.93. The predicted molar refractivity (Wildman–Crippen MR) is 80.3 cm³/mol. The van der Waals surface area contributed by atoms with E-state index in [9.17, 15) is 4.79 Å². The van der Waals surface area contributed by atoms with E-state index >= 15 is 0 Å². The highest BCUT2D eigenvalue weighted by molar-refractivity contribution is 5.72. The van der Waals surface area contributed by atoms with Crippen LogP contribution in [0.1, 0.15) is 11.1 Å². The summed E-state index contributed by atoms with van der Waals surface area (Å²) in [5.74, 6) is 0.334. The number of nitrogens with one attached hydrogen (secondary N) is 1. The normalized spacial score (nSPS) is 10.0. The quantitative estimate of drug-likeness (QED) is 0.826. The maximum absolute atomic E-state index is 11.4. The molecule has 0 atom stereocenters. The molecule has 0 saturated carbocycles. The molecule has 5 nitrogen and oxygen atoms in total. The minimum Gasteiger partial charge on any atom is -0.481 e. The lowest BCUT2D eigenvalue weighted by atomic mass is 10.0. The first-order chi connectivity index (χ1) is 10.2. The molecule has 5 heteroatoms. The Labute approximate surface area is 123 Å². The first-order valence-electron chi connectivity index (χ1n) is 6.60. The van der Waals surface area contributed by atoms with Gasteiger partial charge in [-0.05, 0) is 17.2 Å². The first-order valence-corrected chi connectivity index (χ1v) is 6.60. The van der Waals surface area contributed by atoms with Crippen molar-refractivity contribution in [3.63, 3.8) is 0 Å². The SMILES string of the molecule is COC(=O)Cc1ccccc1CNc1ccc(OC)nc1. The fraction of sp³-hybridized carbons (Fsp3) is 0.250. The molecule has 110 valence electrons. The van der Waals surface area contributed by atoms with Crippen LogP contribution in [-0.2, 0) is 22.5 Å². The van der Waals surface area contributed by atoms with Crippen LogP contribution in [0.3, 0.4) is 0 Å². The maximum atomic E-state index is 11.4. The molecule has 21 heavy (non-hydrogen) atoms. The number of methoxy groups -OCH3 is 2. The Morgan fingerprint density at radius 3 is 2.52 bits per heavy atom. The van der Waals surface area contributed by atoms with Gasteiger partial charge in [0.2, 0.25) is 5.88 Å². The van der Waals surface area contributed by atoms with Crippen LogP contribution in [0, 0.1) is 0 Å². The van der Waals surface area contributed by atoms with Crippen molar-refractivity contribution >= 4 is 11.7 Å². The van der Waals surface area contributed by atoms with Crippen molar-refractivity contribution < 1.29 is 14.3 Å². The number of ether oxygens (including phenoxy) is 2. The summed E-state index contributed by atoms with van der Waals surface area (Å²) < 4.78 is 9.73. The molecular weight excluding hydrogens is 268 g/mol. The van der Waals surface area contributed by atoms with Crippen molar-refractivity contribution in [1.29, 1.82) is 0 Å². The lowest BCUT2D eigenvalue weighted by molar-refractivity contribution is -0.139. The summed E-state index contributed by atoms with van der Waals surface area (Å²) in [6.45, 7) is 0.612. The number of benzene rings is 1. The molecule has 0 spiro atoms. The van der Waals surface area contributed by atoms with Crippen molar-refractivity contribution in [2.24, 2.45) is 0 Å². The molecule has 2 aromatic rings. The predicted octanol–water partition coefficient (Wildman–Crippen LogP) is 2.42. The first kappa shape index (κ1) is 14.8. The van der Waals surface area contributed by atoms with E-state index in [4.69, 9.17) is 9.47 Å². The van der Waals surface area contributed by atoms with Gasteiger partial charge in [0.05, 0.1) is 32.5 Å². The topological polar surface area (TPSA) is 60.5 Å². The van der Waals surface area contributed by atoms with E-state index in [0.29, 0.717) is 12.4 Å². The average Bonchev–Trinajstić information content (AvgIpc) is 2.54. The lowest BCUT2D eigenvalue weighted by Gasteiger charge is -2.11. The molecule has 0 aliphatic rings. The highest BCUT2D eigenvalue weighted by atomic mass is 16.5. The zero-order chi connectivity index (χ0) is 15.1. The highest BCUT2D eigenvalue weighted by Gasteiger charge is 2.07. The molecular formula is C16H18N2O3. The van der Waals surface area contributed by atoms with Crippen molar-refractivity contribution in [2.45, 2.75) is 13.0 Å². The molecule has 0 saturated heterocycles. The van der Waals surface area contributed by atoms with E-state index in [1.807, 2.05) is 30.3 Å². The monoisotopic (exact) mass is 286 g/mol. The van der Waals surface area contributed by atoms with Crippen LogP contribution in [-0.4, -0.2) is 25.2 Å². The molecule has 0 fully saturated rings. The molecule has 0 aliphatic heterocycles. The summed E-state index contributed by atoms with van der Waals surface area (Å²) in [6, 6.07) is 11.5. The zero-order valence-corrected chi connectivity index (χ0v) is 12.1. The number of nitrogens with zero attached hydrogens (tertiary/aromatic N) is 1. The van der Waals surface area contributed by atoms with Gasteiger partial charge in [0, 0.05) is 12.6 Å². The largest absolute Gasteiger partial charge is 0.481 e. The van der Waals surface area contributed by atoms with E-state index < -0.39 is 0 Å². The fourth-order valence-corrected chi connectivity index (χ4v) is 1.93. The number of hydrogen-bond acceptors (Lipinski definition) is 5. The average molecular weight is 286 g/mol. The van der Waals surface area contributed by atoms with Gasteiger partial charge in [-0.25, -0.2) is 4.98 Å². The minimum atomic E-state index is -0.242. The van der Waals surface area contributed by atoms with Gasteiger partial charge in [-0.15, -0.1) is 0 Å². The van der Waals surface area contributed by atoms with Crippen molar-refractivity contribution in [2.75, 3.05) is 19.5 Å². The number of carbonyl (C=O) groups is 1. The molecule has 1 N–H and O–H groups in total. The number of esters is 1. The van der Waals surface area contributed by atoms with Gasteiger partial charge in [0.15, 0.2) is 0 Å². The second-order valence-electron chi connectivity index (χ2n) is 4.46. The van der Waals surface area contributed by atoms with Crippen LogP contribution in [0.4, 0.5) is 5.69 Å². The number of aromatic nitrogens is 1. The summed E-state index contributed by atoms with van der Waals surface area (Å²) in [5, 5.41) is 3.27. The second-order valence-corrected chi connectivity index (χ2v) is 4.46. The molecule has 0 radical (unpaired) electrons. The number of anilines is 1. The number of carbonyl (C=O) groups excluding carboxylic acids is 1. The summed E-state index contributed by atoms with van der Waals surface area (Å²) in [5.41, 5.74) is 2.90. The van der Waals surface area contributed by atoms with Crippen LogP contribution in [0.2, 0.25) is 0 Å². The third-order valence-electron chi connectivity index (χ3n) is 3.11. The zero-order valence-electron chi connectivity index (χ0n) is 12.1. The van der Waals surface area contributed by atoms with Gasteiger partial charge in [-0.1, -0.05) is 24.3 Å². The number of rotatable bonds is 6. The Morgan fingerprint density at radius 2 is 1.90 bits per heavy atom. The minimum absolute atomic E-state index is 0.242. The molecule has 1 aromatic heterocycles. The van der Waals surface area contributed by atoms with Gasteiger partial charge >= 0.3 is 5.97 Å². The Balaban J connectivity index is 2.03. The van der Waals surface area contributed by atoms with Crippen molar-refractivity contribution in [1.82, 2.24) is 4.98 Å². The summed E-state index contributed by atoms with van der Waals surface area (Å²) in [7, 11) is 2.98. The molecule has 0 aliphatic carbocycles. The Bertz CT molecular complexity index is 597. The van der Waals surface area contributed by atoms with E-state index in [0.717, 1.165) is 16.8 Å². The van der Waals surface area contributed by atoms with Crippen molar-refractivity contribution in [3.05, 3.63) is 53.7 Å². The van der Waals surface area contributed by atoms with E-state index in [1.165, 1.54) is 7.11 Å². The second kappa shape index (κ2) is 7.28. The summed E-state index contributed by atoms with van der Waals surface area (Å²) >= 11 is 0. The van der Waals surface area contributed by atoms with Gasteiger partial charge in [0.1, 0.15) is 0 Å². The van der Waals surface area contributed by atoms with Crippen molar-refractivity contribution in [3.8, 4) is 5.88 Å². The smallest absolute Gasteiger partial charge is 0.309 e. The molecule has 0 unspecified atom stereocenters. The van der Waals surface area contributed by atoms with E-state index in [-0.39, 0.29) is 12.4 Å². The Kier molecular flexibility index (Phi) is 5.15. The Hall–Kier alpha value is -2.56. The molecule has 2 rings (SSSR count). The molecule has 0 amide bonds. The van der Waals surface area contributed by atoms with Crippen LogP contribution >= 0.6 is 0 Å². The van der Waals surface area contributed by atoms with Gasteiger partial charge in [-0.3, -0.25) is 4.79 Å². The lowest BCUT2D eigenvalue weighted by Crippen LogP contribution is -2.09. The van der Waals surface area contributed by atoms with Gasteiger partial charge < -0.3 is 14.8 Å². The third kappa shape index (κ3) is 4.21. The van der Waals surface area contributed by atoms with Crippen LogP contribution in [0.15, 0.2) is 42.6 Å². The van der Waals surface area contributed by atoms with E-state index in [1.54, 1.807) is 19.4 Å². The molecule has 1 aromatic carbocycles. The number of hydrogen-bond donors (Lipinski definition) is 1. The summed E-state index contributed by atoms with van der Waals surface area (Å²) in [6.07, 6.45) is 1.98. The van der Waals surface area contributed by atoms with Crippen LogP contribution in [0.25, 0.3) is 0 Å². The van der Waals surface area contributed by atoms with Crippen LogP contribution < -0.4 is 10.1 Å². The third-order valence-corrected chi connectivity index (χ3v) is 3.11. The van der Waals surface area contributed by atoms with Gasteiger partial charge in [-0.2, -0.15) is 0 Å². The Morgan fingerprint density at radius 1 is 1.14 bits per heavy atom. The molecule has 0 bridgehead atoms. The van der Waals surface area contributed by atoms with Gasteiger partial charge in [0.25, 0.3) is 0 Å². The molecule has 1 heterocycles. The van der Waals surface area contributed by atoms with Crippen LogP contribution in [0.5, 0.6) is 5.88 Å². The maximum Gasteiger partial charge on any atom is 0.309 e.